The average Bonchev–Trinajstić information content (AvgIpc) is 2.72. The van der Waals surface area contributed by atoms with Crippen molar-refractivity contribution in [1.82, 2.24) is 9.55 Å². The highest BCUT2D eigenvalue weighted by Crippen LogP contribution is 2.45. The molecular weight excluding hydrogens is 283 g/mol. The van der Waals surface area contributed by atoms with Gasteiger partial charge in [-0.25, -0.2) is 9.18 Å². The van der Waals surface area contributed by atoms with Crippen LogP contribution in [0.3, 0.4) is 0 Å². The van der Waals surface area contributed by atoms with Gasteiger partial charge in [-0.3, -0.25) is 14.3 Å². The lowest BCUT2D eigenvalue weighted by molar-refractivity contribution is -0.0763. The molecule has 3 N–H and O–H groups in total. The Balaban J connectivity index is 2.55. The molecule has 2 unspecified atom stereocenters. The highest BCUT2D eigenvalue weighted by Gasteiger charge is 2.58. The lowest BCUT2D eigenvalue weighted by Crippen LogP contribution is -2.43. The monoisotopic (exact) mass is 298 g/mol. The molecule has 0 bridgehead atoms. The number of aliphatic hydroxyl groups excluding tert-OH is 2. The van der Waals surface area contributed by atoms with E-state index in [2.05, 4.69) is 0 Å². The fourth-order valence-corrected chi connectivity index (χ4v) is 2.51. The van der Waals surface area contributed by atoms with Gasteiger partial charge >= 0.3 is 5.69 Å². The Morgan fingerprint density at radius 3 is 2.81 bits per heavy atom. The van der Waals surface area contributed by atoms with E-state index in [4.69, 9.17) is 11.2 Å². The van der Waals surface area contributed by atoms with Gasteiger partial charge in [0, 0.05) is 12.3 Å². The standard InChI is InChI=1S/C13H15FN2O5/c1-3-13(14)8(6-17)10(7(2)18)21-11(13)16-5-4-9(19)15-12(16)20/h1,4-5,7-8,10-11,17-18H,6H2,2H3,(H,15,19,20)/t7-,8?,10-,11-,13?/m1/s1. The van der Waals surface area contributed by atoms with E-state index in [-0.39, 0.29) is 0 Å². The molecule has 8 heteroatoms. The van der Waals surface area contributed by atoms with Crippen LogP contribution >= 0.6 is 0 Å². The Morgan fingerprint density at radius 2 is 2.33 bits per heavy atom. The summed E-state index contributed by atoms with van der Waals surface area (Å²) in [5.74, 6) is 0.700. The molecule has 1 aliphatic heterocycles. The maximum Gasteiger partial charge on any atom is 0.330 e. The molecule has 1 aromatic heterocycles. The maximum atomic E-state index is 15.1. The molecule has 0 spiro atoms. The van der Waals surface area contributed by atoms with E-state index in [9.17, 15) is 19.8 Å². The van der Waals surface area contributed by atoms with Gasteiger partial charge in [-0.05, 0) is 6.92 Å². The van der Waals surface area contributed by atoms with Crippen LogP contribution in [0.15, 0.2) is 21.9 Å². The minimum atomic E-state index is -2.50. The van der Waals surface area contributed by atoms with Gasteiger partial charge in [0.2, 0.25) is 5.67 Å². The van der Waals surface area contributed by atoms with Gasteiger partial charge < -0.3 is 14.9 Å². The average molecular weight is 298 g/mol. The molecule has 1 aromatic rings. The maximum absolute atomic E-state index is 15.1. The van der Waals surface area contributed by atoms with Crippen LogP contribution in [0.1, 0.15) is 13.2 Å². The SMILES string of the molecule is C#CC1(F)C(CO)[C@@H]([C@@H](C)O)O[C@H]1n1ccc(=O)[nH]c1=O. The number of ether oxygens (including phenoxy) is 1. The van der Waals surface area contributed by atoms with Crippen LogP contribution < -0.4 is 11.2 Å². The smallest absolute Gasteiger partial charge is 0.330 e. The normalized spacial score (nSPS) is 33.6. The fraction of sp³-hybridized carbons (Fsp3) is 0.538. The van der Waals surface area contributed by atoms with Crippen molar-refractivity contribution in [3.63, 3.8) is 0 Å². The third-order valence-electron chi connectivity index (χ3n) is 3.58. The van der Waals surface area contributed by atoms with E-state index in [1.54, 1.807) is 0 Å². The van der Waals surface area contributed by atoms with Gasteiger partial charge in [-0.15, -0.1) is 6.42 Å². The largest absolute Gasteiger partial charge is 0.396 e. The summed E-state index contributed by atoms with van der Waals surface area (Å²) < 4.78 is 21.2. The fourth-order valence-electron chi connectivity index (χ4n) is 2.51. The Morgan fingerprint density at radius 1 is 1.67 bits per heavy atom. The number of H-pyrrole nitrogens is 1. The van der Waals surface area contributed by atoms with Crippen LogP contribution in [0, 0.1) is 18.3 Å². The number of hydrogen-bond donors (Lipinski definition) is 3. The number of terminal acetylenes is 1. The van der Waals surface area contributed by atoms with Gasteiger partial charge in [-0.1, -0.05) is 5.92 Å². The third-order valence-corrected chi connectivity index (χ3v) is 3.58. The van der Waals surface area contributed by atoms with Crippen molar-refractivity contribution in [1.29, 1.82) is 0 Å². The zero-order valence-electron chi connectivity index (χ0n) is 11.2. The second kappa shape index (κ2) is 5.44. The predicted molar refractivity (Wildman–Crippen MR) is 70.2 cm³/mol. The minimum absolute atomic E-state index is 0.648. The lowest BCUT2D eigenvalue weighted by atomic mass is 9.85. The Kier molecular flexibility index (Phi) is 4.00. The van der Waals surface area contributed by atoms with Crippen LogP contribution in [-0.4, -0.2) is 44.2 Å². The molecule has 114 valence electrons. The first-order valence-corrected chi connectivity index (χ1v) is 6.27. The van der Waals surface area contributed by atoms with Crippen molar-refractivity contribution in [2.45, 2.75) is 31.0 Å². The van der Waals surface area contributed by atoms with Gasteiger partial charge in [0.25, 0.3) is 5.56 Å². The van der Waals surface area contributed by atoms with Crippen LogP contribution in [-0.2, 0) is 4.74 Å². The van der Waals surface area contributed by atoms with E-state index in [1.165, 1.54) is 6.92 Å². The topological polar surface area (TPSA) is 105 Å². The number of aromatic nitrogens is 2. The first kappa shape index (κ1) is 15.4. The molecule has 0 aromatic carbocycles. The number of nitrogens with zero attached hydrogens (tertiary/aromatic N) is 1. The second-order valence-electron chi connectivity index (χ2n) is 4.91. The van der Waals surface area contributed by atoms with Crippen LogP contribution in [0.2, 0.25) is 0 Å². The number of hydrogen-bond acceptors (Lipinski definition) is 5. The summed E-state index contributed by atoms with van der Waals surface area (Å²) in [5.41, 5.74) is -4.05. The van der Waals surface area contributed by atoms with Gasteiger partial charge in [0.1, 0.15) is 0 Å². The predicted octanol–water partition coefficient (Wildman–Crippen LogP) is -1.24. The molecule has 7 nitrogen and oxygen atoms in total. The van der Waals surface area contributed by atoms with Gasteiger partial charge in [-0.2, -0.15) is 0 Å². The summed E-state index contributed by atoms with van der Waals surface area (Å²) in [7, 11) is 0. The summed E-state index contributed by atoms with van der Waals surface area (Å²) in [4.78, 5) is 24.8. The zero-order valence-corrected chi connectivity index (χ0v) is 11.2. The van der Waals surface area contributed by atoms with Crippen molar-refractivity contribution < 1.29 is 19.3 Å². The van der Waals surface area contributed by atoms with Crippen molar-refractivity contribution in [3.8, 4) is 12.3 Å². The molecule has 2 rings (SSSR count). The molecule has 2 heterocycles. The number of aliphatic hydroxyl groups is 2. The van der Waals surface area contributed by atoms with E-state index in [0.29, 0.717) is 0 Å². The zero-order chi connectivity index (χ0) is 15.8. The van der Waals surface area contributed by atoms with E-state index in [0.717, 1.165) is 16.8 Å². The van der Waals surface area contributed by atoms with E-state index >= 15 is 4.39 Å². The van der Waals surface area contributed by atoms with Gasteiger partial charge in [0.05, 0.1) is 24.7 Å². The summed E-state index contributed by atoms with van der Waals surface area (Å²) in [5, 5.41) is 19.0. The Hall–Kier alpha value is -1.95. The highest BCUT2D eigenvalue weighted by molar-refractivity contribution is 5.19. The molecule has 0 aliphatic carbocycles. The van der Waals surface area contributed by atoms with E-state index in [1.807, 2.05) is 10.9 Å². The summed E-state index contributed by atoms with van der Waals surface area (Å²) in [6, 6.07) is 1.02. The molecule has 1 fully saturated rings. The van der Waals surface area contributed by atoms with Crippen molar-refractivity contribution in [3.05, 3.63) is 33.1 Å². The molecular formula is C13H15FN2O5. The molecule has 0 saturated carbocycles. The van der Waals surface area contributed by atoms with E-state index < -0.39 is 47.9 Å². The van der Waals surface area contributed by atoms with Crippen LogP contribution in [0.5, 0.6) is 0 Å². The molecule has 5 atom stereocenters. The third kappa shape index (κ3) is 2.40. The second-order valence-corrected chi connectivity index (χ2v) is 4.91. The quantitative estimate of drug-likeness (QED) is 0.606. The van der Waals surface area contributed by atoms with Crippen molar-refractivity contribution in [2.24, 2.45) is 5.92 Å². The Bertz CT molecular complexity index is 676. The first-order valence-electron chi connectivity index (χ1n) is 6.27. The van der Waals surface area contributed by atoms with Crippen LogP contribution in [0.4, 0.5) is 4.39 Å². The molecule has 0 radical (unpaired) electrons. The summed E-state index contributed by atoms with van der Waals surface area (Å²) >= 11 is 0. The van der Waals surface area contributed by atoms with Crippen molar-refractivity contribution >= 4 is 0 Å². The highest BCUT2D eigenvalue weighted by atomic mass is 19.1. The molecule has 0 amide bonds. The number of alkyl halides is 1. The number of rotatable bonds is 3. The first-order chi connectivity index (χ1) is 9.85. The van der Waals surface area contributed by atoms with Crippen LogP contribution in [0.25, 0.3) is 0 Å². The number of nitrogens with one attached hydrogen (secondary N) is 1. The molecule has 21 heavy (non-hydrogen) atoms. The minimum Gasteiger partial charge on any atom is -0.396 e. The summed E-state index contributed by atoms with van der Waals surface area (Å²) in [6.07, 6.45) is 2.53. The number of aromatic amines is 1. The van der Waals surface area contributed by atoms with Crippen molar-refractivity contribution in [2.75, 3.05) is 6.61 Å². The molecule has 1 aliphatic rings. The Labute approximate surface area is 119 Å². The lowest BCUT2D eigenvalue weighted by Gasteiger charge is -2.26. The summed E-state index contributed by atoms with van der Waals surface area (Å²) in [6.45, 7) is 0.702. The van der Waals surface area contributed by atoms with Gasteiger partial charge in [0.15, 0.2) is 6.23 Å². The number of halogens is 1. The molecule has 1 saturated heterocycles.